The molecule has 200 valence electrons. The van der Waals surface area contributed by atoms with Crippen molar-refractivity contribution in [3.8, 4) is 0 Å². The lowest BCUT2D eigenvalue weighted by molar-refractivity contribution is -0.142. The molecule has 0 aromatic heterocycles. The van der Waals surface area contributed by atoms with Crippen LogP contribution in [-0.2, 0) is 36.5 Å². The number of carbonyl (C=O) groups is 3. The monoisotopic (exact) mass is 508 g/mol. The predicted molar refractivity (Wildman–Crippen MR) is 144 cm³/mol. The van der Waals surface area contributed by atoms with Gasteiger partial charge in [0, 0.05) is 12.6 Å². The zero-order chi connectivity index (χ0) is 27.6. The van der Waals surface area contributed by atoms with Gasteiger partial charge in [-0.25, -0.2) is 4.79 Å². The molecule has 0 heterocycles. The van der Waals surface area contributed by atoms with E-state index in [9.17, 15) is 14.4 Å². The summed E-state index contributed by atoms with van der Waals surface area (Å²) < 4.78 is 10.5. The van der Waals surface area contributed by atoms with E-state index in [0.717, 1.165) is 18.4 Å². The van der Waals surface area contributed by atoms with Crippen molar-refractivity contribution < 1.29 is 23.9 Å². The Morgan fingerprint density at radius 1 is 0.919 bits per heavy atom. The Labute approximate surface area is 220 Å². The maximum atomic E-state index is 13.5. The van der Waals surface area contributed by atoms with E-state index in [-0.39, 0.29) is 29.3 Å². The SMILES string of the molecule is CC(=O)OCc1ccc(NC(=O)C(NC(=O)OC(C)(C)C)c2ccc3c(c2)C(C)(C)CCC3(C)C)cc1. The van der Waals surface area contributed by atoms with Crippen molar-refractivity contribution in [1.29, 1.82) is 0 Å². The van der Waals surface area contributed by atoms with Crippen LogP contribution in [0.3, 0.4) is 0 Å². The fraction of sp³-hybridized carbons (Fsp3) is 0.500. The van der Waals surface area contributed by atoms with Crippen LogP contribution in [0.1, 0.15) is 96.5 Å². The zero-order valence-electron chi connectivity index (χ0n) is 23.3. The van der Waals surface area contributed by atoms with Crippen LogP contribution in [0, 0.1) is 0 Å². The highest BCUT2D eigenvalue weighted by Gasteiger charge is 2.38. The van der Waals surface area contributed by atoms with Crippen LogP contribution in [0.2, 0.25) is 0 Å². The zero-order valence-corrected chi connectivity index (χ0v) is 23.3. The number of esters is 1. The molecule has 2 aromatic carbocycles. The molecule has 0 bridgehead atoms. The molecule has 0 aliphatic heterocycles. The number of amides is 2. The van der Waals surface area contributed by atoms with E-state index in [4.69, 9.17) is 9.47 Å². The minimum atomic E-state index is -0.957. The van der Waals surface area contributed by atoms with Crippen LogP contribution in [-0.4, -0.2) is 23.6 Å². The third-order valence-electron chi connectivity index (χ3n) is 6.80. The lowest BCUT2D eigenvalue weighted by Crippen LogP contribution is -2.40. The summed E-state index contributed by atoms with van der Waals surface area (Å²) in [5.41, 5.74) is 3.80. The summed E-state index contributed by atoms with van der Waals surface area (Å²) in [4.78, 5) is 37.3. The summed E-state index contributed by atoms with van der Waals surface area (Å²) in [6.07, 6.45) is 1.45. The first-order valence-electron chi connectivity index (χ1n) is 12.7. The molecule has 3 rings (SSSR count). The molecule has 2 N–H and O–H groups in total. The Balaban J connectivity index is 1.91. The van der Waals surface area contributed by atoms with E-state index in [1.54, 1.807) is 45.0 Å². The number of anilines is 1. The van der Waals surface area contributed by atoms with Crippen molar-refractivity contribution in [3.05, 3.63) is 64.7 Å². The number of nitrogens with one attached hydrogen (secondary N) is 2. The standard InChI is InChI=1S/C30H40N2O5/c1-19(33)36-18-20-9-12-22(13-10-20)31-26(34)25(32-27(35)37-28(2,3)4)21-11-14-23-24(17-21)30(7,8)16-15-29(23,5)6/h9-14,17,25H,15-16,18H2,1-8H3,(H,31,34)(H,32,35). The van der Waals surface area contributed by atoms with Gasteiger partial charge in [0.2, 0.25) is 0 Å². The molecule has 0 spiro atoms. The molecule has 0 saturated heterocycles. The van der Waals surface area contributed by atoms with Crippen LogP contribution in [0.25, 0.3) is 0 Å². The number of fused-ring (bicyclic) bond motifs is 1. The first-order valence-corrected chi connectivity index (χ1v) is 12.7. The molecule has 1 unspecified atom stereocenters. The van der Waals surface area contributed by atoms with Crippen LogP contribution < -0.4 is 10.6 Å². The molecule has 0 radical (unpaired) electrons. The minimum absolute atomic E-state index is 0.0353. The van der Waals surface area contributed by atoms with Gasteiger partial charge in [0.1, 0.15) is 18.2 Å². The second-order valence-electron chi connectivity index (χ2n) is 12.1. The fourth-order valence-electron chi connectivity index (χ4n) is 4.60. The molecule has 7 nitrogen and oxygen atoms in total. The van der Waals surface area contributed by atoms with E-state index < -0.39 is 17.7 Å². The van der Waals surface area contributed by atoms with Gasteiger partial charge in [0.05, 0.1) is 0 Å². The lowest BCUT2D eigenvalue weighted by Gasteiger charge is -2.42. The van der Waals surface area contributed by atoms with Crippen LogP contribution in [0.4, 0.5) is 10.5 Å². The Hall–Kier alpha value is -3.35. The summed E-state index contributed by atoms with van der Waals surface area (Å²) in [7, 11) is 0. The van der Waals surface area contributed by atoms with Gasteiger partial charge >= 0.3 is 12.1 Å². The van der Waals surface area contributed by atoms with Gasteiger partial charge in [-0.2, -0.15) is 0 Å². The van der Waals surface area contributed by atoms with Crippen LogP contribution in [0.5, 0.6) is 0 Å². The molecule has 7 heteroatoms. The maximum Gasteiger partial charge on any atom is 0.408 e. The van der Waals surface area contributed by atoms with Gasteiger partial charge in [0.25, 0.3) is 5.91 Å². The van der Waals surface area contributed by atoms with Gasteiger partial charge in [-0.15, -0.1) is 0 Å². The van der Waals surface area contributed by atoms with E-state index in [2.05, 4.69) is 50.5 Å². The van der Waals surface area contributed by atoms with E-state index >= 15 is 0 Å². The third-order valence-corrected chi connectivity index (χ3v) is 6.80. The molecule has 2 aromatic rings. The summed E-state index contributed by atoms with van der Waals surface area (Å²) >= 11 is 0. The number of hydrogen-bond acceptors (Lipinski definition) is 5. The number of benzene rings is 2. The van der Waals surface area contributed by atoms with E-state index in [0.29, 0.717) is 11.3 Å². The second-order valence-corrected chi connectivity index (χ2v) is 12.1. The summed E-state index contributed by atoms with van der Waals surface area (Å²) in [6, 6.07) is 12.1. The van der Waals surface area contributed by atoms with Crippen molar-refractivity contribution >= 4 is 23.7 Å². The van der Waals surface area contributed by atoms with Crippen molar-refractivity contribution in [1.82, 2.24) is 5.32 Å². The van der Waals surface area contributed by atoms with Crippen molar-refractivity contribution in [2.45, 2.75) is 97.3 Å². The normalized spacial score (nSPS) is 16.6. The highest BCUT2D eigenvalue weighted by Crippen LogP contribution is 2.46. The molecular formula is C30H40N2O5. The Morgan fingerprint density at radius 3 is 2.08 bits per heavy atom. The quantitative estimate of drug-likeness (QED) is 0.447. The van der Waals surface area contributed by atoms with Gasteiger partial charge in [-0.1, -0.05) is 58.0 Å². The van der Waals surface area contributed by atoms with Crippen LogP contribution >= 0.6 is 0 Å². The Kier molecular flexibility index (Phi) is 8.06. The summed E-state index contributed by atoms with van der Waals surface area (Å²) in [6.45, 7) is 15.8. The first kappa shape index (κ1) is 28.2. The van der Waals surface area contributed by atoms with E-state index in [1.165, 1.54) is 18.1 Å². The largest absolute Gasteiger partial charge is 0.461 e. The molecule has 1 atom stereocenters. The molecule has 2 amide bonds. The van der Waals surface area contributed by atoms with Gasteiger partial charge in [-0.05, 0) is 78.8 Å². The number of rotatable bonds is 6. The van der Waals surface area contributed by atoms with Crippen molar-refractivity contribution in [3.63, 3.8) is 0 Å². The topological polar surface area (TPSA) is 93.7 Å². The molecule has 0 saturated carbocycles. The number of carbonyl (C=O) groups excluding carboxylic acids is 3. The highest BCUT2D eigenvalue weighted by atomic mass is 16.6. The summed E-state index contributed by atoms with van der Waals surface area (Å²) in [5.74, 6) is -0.739. The Bertz CT molecular complexity index is 1160. The van der Waals surface area contributed by atoms with E-state index in [1.807, 2.05) is 6.07 Å². The number of ether oxygens (including phenoxy) is 2. The molecule has 1 aliphatic rings. The fourth-order valence-corrected chi connectivity index (χ4v) is 4.60. The first-order chi connectivity index (χ1) is 17.1. The number of alkyl carbamates (subject to hydrolysis) is 1. The molecular weight excluding hydrogens is 468 g/mol. The molecule has 37 heavy (non-hydrogen) atoms. The molecule has 1 aliphatic carbocycles. The smallest absolute Gasteiger partial charge is 0.408 e. The summed E-state index contributed by atoms with van der Waals surface area (Å²) in [5, 5.41) is 5.68. The lowest BCUT2D eigenvalue weighted by atomic mass is 9.63. The average Bonchev–Trinajstić information content (AvgIpc) is 2.78. The predicted octanol–water partition coefficient (Wildman–Crippen LogP) is 6.30. The minimum Gasteiger partial charge on any atom is -0.461 e. The van der Waals surface area contributed by atoms with Crippen molar-refractivity contribution in [2.24, 2.45) is 0 Å². The van der Waals surface area contributed by atoms with Gasteiger partial charge in [-0.3, -0.25) is 9.59 Å². The number of hydrogen-bond donors (Lipinski definition) is 2. The third kappa shape index (κ3) is 7.34. The highest BCUT2D eigenvalue weighted by molar-refractivity contribution is 5.97. The van der Waals surface area contributed by atoms with Gasteiger partial charge < -0.3 is 20.1 Å². The molecule has 0 fully saturated rings. The van der Waals surface area contributed by atoms with Crippen LogP contribution in [0.15, 0.2) is 42.5 Å². The Morgan fingerprint density at radius 2 is 1.51 bits per heavy atom. The maximum absolute atomic E-state index is 13.5. The average molecular weight is 509 g/mol. The van der Waals surface area contributed by atoms with Gasteiger partial charge in [0.15, 0.2) is 0 Å². The second kappa shape index (κ2) is 10.6. The van der Waals surface area contributed by atoms with Crippen molar-refractivity contribution in [2.75, 3.05) is 5.32 Å².